The van der Waals surface area contributed by atoms with Crippen LogP contribution in [0.5, 0.6) is 0 Å². The van der Waals surface area contributed by atoms with Crippen LogP contribution in [0.2, 0.25) is 0 Å². The Kier molecular flexibility index (Phi) is 5.20. The van der Waals surface area contributed by atoms with Crippen molar-refractivity contribution in [3.63, 3.8) is 0 Å². The summed E-state index contributed by atoms with van der Waals surface area (Å²) >= 11 is 0. The molecule has 0 aliphatic heterocycles. The lowest BCUT2D eigenvalue weighted by atomic mass is 10.1. The average molecular weight is 313 g/mol. The van der Waals surface area contributed by atoms with Gasteiger partial charge in [0.2, 0.25) is 0 Å². The molecule has 0 bridgehead atoms. The predicted molar refractivity (Wildman–Crippen MR) is 76.1 cm³/mol. The number of nitrogens with one attached hydrogen (secondary N) is 1. The van der Waals surface area contributed by atoms with Crippen LogP contribution < -0.4 is 5.32 Å². The number of hydrogen-bond donors (Lipinski definition) is 2. The molecule has 2 rings (SSSR count). The van der Waals surface area contributed by atoms with Gasteiger partial charge in [0.1, 0.15) is 0 Å². The lowest BCUT2D eigenvalue weighted by molar-refractivity contribution is -0.137. The standard InChI is InChI=1S/C15H18F3N3O/c1-11(10-21-8-2-7-20-21)19-9-14(22)12-3-5-13(6-4-12)15(16,17)18/h2-8,11,14,19,22H,9-10H2,1H3/t11-,14+/m1/s1. The zero-order valence-corrected chi connectivity index (χ0v) is 12.1. The monoisotopic (exact) mass is 313 g/mol. The van der Waals surface area contributed by atoms with Crippen LogP contribution in [0.3, 0.4) is 0 Å². The van der Waals surface area contributed by atoms with E-state index in [0.717, 1.165) is 12.1 Å². The fourth-order valence-electron chi connectivity index (χ4n) is 2.08. The average Bonchev–Trinajstić information content (AvgIpc) is 2.97. The normalized spacial score (nSPS) is 14.8. The lowest BCUT2D eigenvalue weighted by Crippen LogP contribution is -2.33. The van der Waals surface area contributed by atoms with Crippen molar-refractivity contribution >= 4 is 0 Å². The summed E-state index contributed by atoms with van der Waals surface area (Å²) in [6.07, 6.45) is -1.70. The van der Waals surface area contributed by atoms with E-state index in [4.69, 9.17) is 0 Å². The van der Waals surface area contributed by atoms with Gasteiger partial charge in [0.25, 0.3) is 0 Å². The highest BCUT2D eigenvalue weighted by Crippen LogP contribution is 2.29. The number of aliphatic hydroxyl groups excluding tert-OH is 1. The number of nitrogens with zero attached hydrogens (tertiary/aromatic N) is 2. The number of rotatable bonds is 6. The van der Waals surface area contributed by atoms with Gasteiger partial charge in [0, 0.05) is 25.0 Å². The Morgan fingerprint density at radius 1 is 1.27 bits per heavy atom. The third kappa shape index (κ3) is 4.57. The van der Waals surface area contributed by atoms with Crippen LogP contribution in [0.1, 0.15) is 24.2 Å². The molecule has 2 atom stereocenters. The summed E-state index contributed by atoms with van der Waals surface area (Å²) in [5, 5.41) is 17.2. The Hall–Kier alpha value is -1.86. The second kappa shape index (κ2) is 6.93. The molecule has 1 heterocycles. The molecule has 0 aliphatic rings. The number of halogens is 3. The van der Waals surface area contributed by atoms with Gasteiger partial charge in [-0.3, -0.25) is 4.68 Å². The summed E-state index contributed by atoms with van der Waals surface area (Å²) in [7, 11) is 0. The van der Waals surface area contributed by atoms with E-state index in [9.17, 15) is 18.3 Å². The van der Waals surface area contributed by atoms with Crippen LogP contribution in [0, 0.1) is 0 Å². The van der Waals surface area contributed by atoms with Crippen LogP contribution in [-0.2, 0) is 12.7 Å². The molecule has 0 aliphatic carbocycles. The molecular weight excluding hydrogens is 295 g/mol. The van der Waals surface area contributed by atoms with E-state index in [0.29, 0.717) is 12.1 Å². The number of aromatic nitrogens is 2. The maximum absolute atomic E-state index is 12.5. The zero-order chi connectivity index (χ0) is 16.2. The maximum atomic E-state index is 12.5. The van der Waals surface area contributed by atoms with Gasteiger partial charge in [-0.2, -0.15) is 18.3 Å². The van der Waals surface area contributed by atoms with Crippen molar-refractivity contribution in [2.24, 2.45) is 0 Å². The molecule has 4 nitrogen and oxygen atoms in total. The Morgan fingerprint density at radius 2 is 1.95 bits per heavy atom. The third-order valence-corrected chi connectivity index (χ3v) is 3.30. The van der Waals surface area contributed by atoms with Crippen LogP contribution >= 0.6 is 0 Å². The highest BCUT2D eigenvalue weighted by atomic mass is 19.4. The molecule has 2 N–H and O–H groups in total. The third-order valence-electron chi connectivity index (χ3n) is 3.30. The van der Waals surface area contributed by atoms with E-state index < -0.39 is 17.8 Å². The van der Waals surface area contributed by atoms with Crippen molar-refractivity contribution in [2.75, 3.05) is 6.54 Å². The molecule has 7 heteroatoms. The highest BCUT2D eigenvalue weighted by Gasteiger charge is 2.30. The Bertz CT molecular complexity index is 567. The molecule has 0 radical (unpaired) electrons. The first-order valence-corrected chi connectivity index (χ1v) is 6.92. The van der Waals surface area contributed by atoms with E-state index in [2.05, 4.69) is 10.4 Å². The van der Waals surface area contributed by atoms with Crippen molar-refractivity contribution in [3.8, 4) is 0 Å². The summed E-state index contributed by atoms with van der Waals surface area (Å²) in [5.74, 6) is 0. The molecule has 0 amide bonds. The van der Waals surface area contributed by atoms with E-state index in [-0.39, 0.29) is 12.6 Å². The second-order valence-electron chi connectivity index (χ2n) is 5.17. The molecular formula is C15H18F3N3O. The first-order chi connectivity index (χ1) is 10.4. The van der Waals surface area contributed by atoms with Gasteiger partial charge in [0.05, 0.1) is 18.2 Å². The number of benzene rings is 1. The molecule has 1 aromatic carbocycles. The Labute approximate surface area is 126 Å². The minimum atomic E-state index is -4.36. The van der Waals surface area contributed by atoms with E-state index in [1.165, 1.54) is 12.1 Å². The van der Waals surface area contributed by atoms with E-state index in [1.807, 2.05) is 19.2 Å². The summed E-state index contributed by atoms with van der Waals surface area (Å²) in [6, 6.07) is 6.45. The quantitative estimate of drug-likeness (QED) is 0.862. The SMILES string of the molecule is C[C@H](Cn1cccn1)NC[C@H](O)c1ccc(C(F)(F)F)cc1. The fraction of sp³-hybridized carbons (Fsp3) is 0.400. The van der Waals surface area contributed by atoms with Crippen molar-refractivity contribution in [3.05, 3.63) is 53.9 Å². The molecule has 0 unspecified atom stereocenters. The summed E-state index contributed by atoms with van der Waals surface area (Å²) in [4.78, 5) is 0. The number of alkyl halides is 3. The van der Waals surface area contributed by atoms with Gasteiger partial charge in [0.15, 0.2) is 0 Å². The van der Waals surface area contributed by atoms with Crippen molar-refractivity contribution in [1.29, 1.82) is 0 Å². The predicted octanol–water partition coefficient (Wildman–Crippen LogP) is 2.61. The molecule has 1 aromatic heterocycles. The fourth-order valence-corrected chi connectivity index (χ4v) is 2.08. The molecule has 22 heavy (non-hydrogen) atoms. The van der Waals surface area contributed by atoms with Crippen molar-refractivity contribution < 1.29 is 18.3 Å². The summed E-state index contributed by atoms with van der Waals surface area (Å²) in [6.45, 7) is 2.85. The maximum Gasteiger partial charge on any atom is 0.416 e. The van der Waals surface area contributed by atoms with Gasteiger partial charge in [-0.1, -0.05) is 12.1 Å². The minimum absolute atomic E-state index is 0.0731. The van der Waals surface area contributed by atoms with Crippen LogP contribution in [0.25, 0.3) is 0 Å². The first kappa shape index (κ1) is 16.5. The first-order valence-electron chi connectivity index (χ1n) is 6.92. The van der Waals surface area contributed by atoms with Crippen molar-refractivity contribution in [1.82, 2.24) is 15.1 Å². The topological polar surface area (TPSA) is 50.1 Å². The number of hydrogen-bond acceptors (Lipinski definition) is 3. The van der Waals surface area contributed by atoms with Crippen molar-refractivity contribution in [2.45, 2.75) is 31.8 Å². The van der Waals surface area contributed by atoms with E-state index >= 15 is 0 Å². The summed E-state index contributed by atoms with van der Waals surface area (Å²) in [5.41, 5.74) is -0.268. The highest BCUT2D eigenvalue weighted by molar-refractivity contribution is 5.26. The number of aliphatic hydroxyl groups is 1. The smallest absolute Gasteiger partial charge is 0.387 e. The second-order valence-corrected chi connectivity index (χ2v) is 5.17. The van der Waals surface area contributed by atoms with Gasteiger partial charge in [-0.05, 0) is 30.7 Å². The molecule has 120 valence electrons. The van der Waals surface area contributed by atoms with Crippen LogP contribution in [0.4, 0.5) is 13.2 Å². The molecule has 2 aromatic rings. The van der Waals surface area contributed by atoms with Crippen LogP contribution in [0.15, 0.2) is 42.7 Å². The lowest BCUT2D eigenvalue weighted by Gasteiger charge is -2.18. The van der Waals surface area contributed by atoms with E-state index in [1.54, 1.807) is 10.9 Å². The summed E-state index contributed by atoms with van der Waals surface area (Å²) < 4.78 is 39.2. The minimum Gasteiger partial charge on any atom is -0.387 e. The molecule has 0 saturated heterocycles. The molecule has 0 fully saturated rings. The molecule has 0 saturated carbocycles. The Balaban J connectivity index is 1.85. The molecule has 0 spiro atoms. The van der Waals surface area contributed by atoms with Gasteiger partial charge in [-0.25, -0.2) is 0 Å². The Morgan fingerprint density at radius 3 is 2.50 bits per heavy atom. The van der Waals surface area contributed by atoms with Crippen LogP contribution in [-0.4, -0.2) is 27.5 Å². The van der Waals surface area contributed by atoms with Gasteiger partial charge in [-0.15, -0.1) is 0 Å². The van der Waals surface area contributed by atoms with Gasteiger partial charge < -0.3 is 10.4 Å². The largest absolute Gasteiger partial charge is 0.416 e. The van der Waals surface area contributed by atoms with Gasteiger partial charge >= 0.3 is 6.18 Å². The zero-order valence-electron chi connectivity index (χ0n) is 12.1.